The molecule has 2 N–H and O–H groups in total. The van der Waals surface area contributed by atoms with Crippen molar-refractivity contribution in [3.05, 3.63) is 64.7 Å². The number of amidine groups is 1. The normalized spacial score (nSPS) is 30.6. The van der Waals surface area contributed by atoms with Crippen LogP contribution in [0.3, 0.4) is 0 Å². The van der Waals surface area contributed by atoms with Gasteiger partial charge in [-0.25, -0.2) is 8.78 Å². The molecule has 1 unspecified atom stereocenters. The molecule has 3 heterocycles. The molecule has 0 radical (unpaired) electrons. The van der Waals surface area contributed by atoms with Crippen LogP contribution in [0.25, 0.3) is 11.9 Å². The van der Waals surface area contributed by atoms with Gasteiger partial charge in [0.1, 0.15) is 28.6 Å². The largest absolute Gasteiger partial charge is 0.475 e. The summed E-state index contributed by atoms with van der Waals surface area (Å²) in [6.07, 6.45) is 3.31. The topological polar surface area (TPSA) is 96.7 Å². The maximum absolute atomic E-state index is 15.1. The van der Waals surface area contributed by atoms with Crippen LogP contribution in [0.15, 0.2) is 46.5 Å². The van der Waals surface area contributed by atoms with Crippen molar-refractivity contribution in [2.75, 3.05) is 6.54 Å². The lowest BCUT2D eigenvalue weighted by Gasteiger charge is -2.34. The van der Waals surface area contributed by atoms with Crippen LogP contribution in [0.5, 0.6) is 0 Å². The molecule has 1 fully saturated rings. The number of pyridine rings is 1. The van der Waals surface area contributed by atoms with E-state index in [1.165, 1.54) is 48.3 Å². The number of nitriles is 1. The van der Waals surface area contributed by atoms with Crippen molar-refractivity contribution < 1.29 is 13.5 Å². The second-order valence-corrected chi connectivity index (χ2v) is 10.0. The fraction of sp³-hybridized carbons (Fsp3) is 0.333. The lowest BCUT2D eigenvalue weighted by molar-refractivity contribution is 0.236. The van der Waals surface area contributed by atoms with E-state index < -0.39 is 21.9 Å². The smallest absolute Gasteiger partial charge is 0.201 e. The second kappa shape index (κ2) is 7.66. The molecule has 1 aromatic heterocycles. The minimum atomic E-state index is -0.940. The van der Waals surface area contributed by atoms with Gasteiger partial charge >= 0.3 is 0 Å². The number of aliphatic imine (C=N–C) groups is 2. The van der Waals surface area contributed by atoms with Crippen LogP contribution < -0.4 is 5.73 Å². The fourth-order valence-electron chi connectivity index (χ4n) is 4.61. The summed E-state index contributed by atoms with van der Waals surface area (Å²) in [4.78, 5) is 13.2. The minimum Gasteiger partial charge on any atom is -0.475 e. The van der Waals surface area contributed by atoms with E-state index in [0.717, 1.165) is 0 Å². The van der Waals surface area contributed by atoms with Crippen LogP contribution >= 0.6 is 11.8 Å². The van der Waals surface area contributed by atoms with Gasteiger partial charge in [0.15, 0.2) is 5.17 Å². The summed E-state index contributed by atoms with van der Waals surface area (Å²) in [5.74, 6) is -0.417. The zero-order valence-corrected chi connectivity index (χ0v) is 18.9. The number of hydrogen-bond donors (Lipinski definition) is 1. The number of nitrogens with zero attached hydrogens (tertiary/aromatic N) is 4. The number of aromatic nitrogens is 1. The molecule has 1 saturated carbocycles. The van der Waals surface area contributed by atoms with E-state index >= 15 is 4.39 Å². The number of thioether (sulfide) groups is 1. The van der Waals surface area contributed by atoms with E-state index in [9.17, 15) is 4.39 Å². The summed E-state index contributed by atoms with van der Waals surface area (Å²) >= 11 is 1.43. The predicted octanol–water partition coefficient (Wildman–Crippen LogP) is 4.41. The van der Waals surface area contributed by atoms with Gasteiger partial charge in [-0.1, -0.05) is 17.8 Å². The Labute approximate surface area is 194 Å². The molecule has 1 aliphatic carbocycles. The lowest BCUT2D eigenvalue weighted by Crippen LogP contribution is -2.40. The Kier molecular flexibility index (Phi) is 5.01. The van der Waals surface area contributed by atoms with E-state index in [2.05, 4.69) is 15.0 Å². The maximum atomic E-state index is 15.1. The summed E-state index contributed by atoms with van der Waals surface area (Å²) in [5.41, 5.74) is 6.51. The molecule has 0 amide bonds. The SMILES string of the molecule is CC1CN=C([C@]23C[C@H]2[C@@](C)(c2cc(/C=C(\F)c4ccc(C#N)cn4)ccc2F)N=C(N)S3)O1. The van der Waals surface area contributed by atoms with Crippen molar-refractivity contribution in [1.29, 1.82) is 5.26 Å². The maximum Gasteiger partial charge on any atom is 0.201 e. The average molecular weight is 466 g/mol. The molecule has 1 aromatic carbocycles. The molecule has 4 atom stereocenters. The van der Waals surface area contributed by atoms with Crippen molar-refractivity contribution in [3.8, 4) is 6.07 Å². The highest BCUT2D eigenvalue weighted by Crippen LogP contribution is 2.67. The van der Waals surface area contributed by atoms with Gasteiger partial charge in [0, 0.05) is 17.7 Å². The number of ether oxygens (including phenoxy) is 1. The number of nitrogens with two attached hydrogens (primary N) is 1. The summed E-state index contributed by atoms with van der Waals surface area (Å²) in [7, 11) is 0. The molecule has 2 aromatic rings. The zero-order chi connectivity index (χ0) is 23.4. The minimum absolute atomic E-state index is 0.00609. The van der Waals surface area contributed by atoms with Crippen LogP contribution in [-0.2, 0) is 10.3 Å². The third kappa shape index (κ3) is 3.59. The molecule has 0 bridgehead atoms. The van der Waals surface area contributed by atoms with Crippen LogP contribution in [0.2, 0.25) is 0 Å². The molecular formula is C24H21F2N5OS. The van der Waals surface area contributed by atoms with Crippen molar-refractivity contribution in [2.24, 2.45) is 21.6 Å². The quantitative estimate of drug-likeness (QED) is 0.721. The summed E-state index contributed by atoms with van der Waals surface area (Å²) in [5, 5.41) is 9.23. The van der Waals surface area contributed by atoms with E-state index in [1.54, 1.807) is 6.07 Å². The Balaban J connectivity index is 1.50. The molecule has 33 heavy (non-hydrogen) atoms. The monoisotopic (exact) mass is 465 g/mol. The molecule has 168 valence electrons. The van der Waals surface area contributed by atoms with Gasteiger partial charge in [-0.05, 0) is 56.2 Å². The first-order valence-electron chi connectivity index (χ1n) is 10.5. The van der Waals surface area contributed by atoms with Gasteiger partial charge in [0.05, 0.1) is 23.3 Å². The number of rotatable bonds is 4. The highest BCUT2D eigenvalue weighted by atomic mass is 32.2. The van der Waals surface area contributed by atoms with Gasteiger partial charge in [-0.15, -0.1) is 0 Å². The Morgan fingerprint density at radius 3 is 2.85 bits per heavy atom. The molecule has 5 rings (SSSR count). The first-order chi connectivity index (χ1) is 15.7. The van der Waals surface area contributed by atoms with Gasteiger partial charge in [-0.3, -0.25) is 15.0 Å². The fourth-order valence-corrected chi connectivity index (χ4v) is 6.04. The van der Waals surface area contributed by atoms with E-state index in [4.69, 9.17) is 15.7 Å². The molecule has 0 saturated heterocycles. The lowest BCUT2D eigenvalue weighted by atomic mass is 9.84. The van der Waals surface area contributed by atoms with Gasteiger partial charge in [0.25, 0.3) is 0 Å². The standard InChI is InChI=1S/C24H21F2N5OS/c1-13-11-30-21(32-13)24-9-20(24)23(2,31-22(28)33-24)16-7-14(3-5-17(16)25)8-18(26)19-6-4-15(10-27)12-29-19/h3-8,12-13,20H,9,11H2,1-2H3,(H2,28,31)/b18-8-/t13?,20-,23+,24-/m0/s1. The number of hydrogen-bond acceptors (Lipinski definition) is 7. The van der Waals surface area contributed by atoms with E-state index in [-0.39, 0.29) is 17.7 Å². The predicted molar refractivity (Wildman–Crippen MR) is 125 cm³/mol. The molecular weight excluding hydrogens is 444 g/mol. The van der Waals surface area contributed by atoms with Crippen molar-refractivity contribution in [2.45, 2.75) is 36.7 Å². The van der Waals surface area contributed by atoms with E-state index in [1.807, 2.05) is 19.9 Å². The third-order valence-electron chi connectivity index (χ3n) is 6.35. The Morgan fingerprint density at radius 2 is 2.18 bits per heavy atom. The van der Waals surface area contributed by atoms with Gasteiger partial charge < -0.3 is 10.5 Å². The van der Waals surface area contributed by atoms with Crippen LogP contribution in [0.1, 0.15) is 42.7 Å². The second-order valence-electron chi connectivity index (χ2n) is 8.70. The van der Waals surface area contributed by atoms with Crippen LogP contribution in [-0.4, -0.2) is 33.4 Å². The number of benzene rings is 1. The molecule has 9 heteroatoms. The molecule has 6 nitrogen and oxygen atoms in total. The average Bonchev–Trinajstić information content (AvgIpc) is 3.39. The highest BCUT2D eigenvalue weighted by molar-refractivity contribution is 8.15. The summed E-state index contributed by atoms with van der Waals surface area (Å²) in [6, 6.07) is 9.29. The first-order valence-corrected chi connectivity index (χ1v) is 11.4. The molecule has 0 spiro atoms. The Hall–Kier alpha value is -3.25. The van der Waals surface area contributed by atoms with Crippen LogP contribution in [0.4, 0.5) is 8.78 Å². The zero-order valence-electron chi connectivity index (χ0n) is 18.0. The number of halogens is 2. The van der Waals surface area contributed by atoms with Gasteiger partial charge in [-0.2, -0.15) is 5.26 Å². The Bertz CT molecular complexity index is 1270. The van der Waals surface area contributed by atoms with E-state index in [0.29, 0.717) is 40.7 Å². The van der Waals surface area contributed by atoms with Crippen molar-refractivity contribution >= 4 is 34.7 Å². The summed E-state index contributed by atoms with van der Waals surface area (Å²) in [6.45, 7) is 4.41. The number of fused-ring (bicyclic) bond motifs is 1. The van der Waals surface area contributed by atoms with Crippen molar-refractivity contribution in [3.63, 3.8) is 0 Å². The third-order valence-corrected chi connectivity index (χ3v) is 7.64. The van der Waals surface area contributed by atoms with Gasteiger partial charge in [0.2, 0.25) is 5.90 Å². The highest BCUT2D eigenvalue weighted by Gasteiger charge is 2.70. The Morgan fingerprint density at radius 1 is 1.36 bits per heavy atom. The molecule has 3 aliphatic rings. The van der Waals surface area contributed by atoms with Crippen LogP contribution in [0, 0.1) is 23.1 Å². The van der Waals surface area contributed by atoms with Crippen molar-refractivity contribution in [1.82, 2.24) is 4.98 Å². The summed E-state index contributed by atoms with van der Waals surface area (Å²) < 4.78 is 35.4. The molecule has 2 aliphatic heterocycles. The first kappa shape index (κ1) is 21.6.